The number of morpholine rings is 1. The summed E-state index contributed by atoms with van der Waals surface area (Å²) >= 11 is 0. The molecule has 1 atom stereocenters. The van der Waals surface area contributed by atoms with Gasteiger partial charge in [0, 0.05) is 70.5 Å². The van der Waals surface area contributed by atoms with E-state index in [1.165, 1.54) is 5.56 Å². The molecule has 1 amide bonds. The Morgan fingerprint density at radius 1 is 1.00 bits per heavy atom. The lowest BCUT2D eigenvalue weighted by molar-refractivity contribution is -0.129. The van der Waals surface area contributed by atoms with Crippen molar-refractivity contribution in [3.8, 4) is 0 Å². The molecule has 5 rings (SSSR count). The number of carbonyl (C=O) groups excluding carboxylic acids is 1. The average Bonchev–Trinajstić information content (AvgIpc) is 3.07. The van der Waals surface area contributed by atoms with E-state index in [1.807, 2.05) is 29.4 Å². The monoisotopic (exact) mass is 460 g/mol. The summed E-state index contributed by atoms with van der Waals surface area (Å²) in [6.45, 7) is 8.73. The van der Waals surface area contributed by atoms with Crippen LogP contribution in [0.15, 0.2) is 48.8 Å². The molecule has 8 heteroatoms. The first-order valence-electron chi connectivity index (χ1n) is 12.1. The molecule has 2 aliphatic heterocycles. The number of anilines is 1. The first kappa shape index (κ1) is 22.7. The van der Waals surface area contributed by atoms with Crippen LogP contribution in [-0.2, 0) is 22.5 Å². The maximum atomic E-state index is 12.3. The molecular weight excluding hydrogens is 428 g/mol. The molecular formula is C26H32N6O2. The second-order valence-corrected chi connectivity index (χ2v) is 9.21. The van der Waals surface area contributed by atoms with Crippen molar-refractivity contribution in [2.45, 2.75) is 19.9 Å². The zero-order valence-corrected chi connectivity index (χ0v) is 19.8. The highest BCUT2D eigenvalue weighted by atomic mass is 16.5. The number of pyridine rings is 1. The van der Waals surface area contributed by atoms with E-state index in [0.29, 0.717) is 19.1 Å². The number of fused-ring (bicyclic) bond motifs is 1. The molecule has 0 saturated carbocycles. The van der Waals surface area contributed by atoms with Crippen LogP contribution >= 0.6 is 0 Å². The molecule has 2 fully saturated rings. The molecule has 3 aromatic rings. The molecule has 1 unspecified atom stereocenters. The molecule has 0 spiro atoms. The summed E-state index contributed by atoms with van der Waals surface area (Å²) in [7, 11) is 0. The van der Waals surface area contributed by atoms with Crippen LogP contribution in [-0.4, -0.2) is 83.1 Å². The highest BCUT2D eigenvalue weighted by molar-refractivity contribution is 5.81. The van der Waals surface area contributed by atoms with E-state index >= 15 is 0 Å². The smallest absolute Gasteiger partial charge is 0.225 e. The van der Waals surface area contributed by atoms with Gasteiger partial charge in [-0.2, -0.15) is 0 Å². The fraction of sp³-hybridized carbons (Fsp3) is 0.462. The Kier molecular flexibility index (Phi) is 6.97. The third-order valence-electron chi connectivity index (χ3n) is 6.73. The molecule has 0 aliphatic carbocycles. The van der Waals surface area contributed by atoms with Crippen LogP contribution in [0.3, 0.4) is 0 Å². The zero-order chi connectivity index (χ0) is 23.3. The summed E-state index contributed by atoms with van der Waals surface area (Å²) in [6.07, 6.45) is 4.60. The van der Waals surface area contributed by atoms with Gasteiger partial charge in [-0.1, -0.05) is 24.3 Å². The van der Waals surface area contributed by atoms with Gasteiger partial charge in [-0.25, -0.2) is 9.97 Å². The lowest BCUT2D eigenvalue weighted by Gasteiger charge is -2.27. The van der Waals surface area contributed by atoms with Crippen molar-refractivity contribution < 1.29 is 9.53 Å². The minimum atomic E-state index is 0.138. The topological polar surface area (TPSA) is 74.7 Å². The highest BCUT2D eigenvalue weighted by Gasteiger charge is 2.25. The molecule has 0 N–H and O–H groups in total. The van der Waals surface area contributed by atoms with Gasteiger partial charge >= 0.3 is 0 Å². The Morgan fingerprint density at radius 3 is 2.71 bits per heavy atom. The number of rotatable bonds is 5. The normalized spacial score (nSPS) is 19.9. The van der Waals surface area contributed by atoms with Gasteiger partial charge < -0.3 is 14.5 Å². The number of hydrogen-bond acceptors (Lipinski definition) is 7. The van der Waals surface area contributed by atoms with Crippen molar-refractivity contribution in [1.29, 1.82) is 0 Å². The van der Waals surface area contributed by atoms with E-state index in [2.05, 4.69) is 44.0 Å². The molecule has 178 valence electrons. The summed E-state index contributed by atoms with van der Waals surface area (Å²) < 4.78 is 5.46. The van der Waals surface area contributed by atoms with Crippen molar-refractivity contribution >= 4 is 22.8 Å². The third kappa shape index (κ3) is 5.34. The Morgan fingerprint density at radius 2 is 1.85 bits per heavy atom. The van der Waals surface area contributed by atoms with E-state index < -0.39 is 0 Å². The first-order valence-corrected chi connectivity index (χ1v) is 12.1. The van der Waals surface area contributed by atoms with Crippen molar-refractivity contribution in [1.82, 2.24) is 24.8 Å². The number of amides is 1. The Hall–Kier alpha value is -3.10. The predicted octanol–water partition coefficient (Wildman–Crippen LogP) is 2.38. The first-order chi connectivity index (χ1) is 16.7. The molecule has 4 heterocycles. The largest absolute Gasteiger partial charge is 0.378 e. The minimum absolute atomic E-state index is 0.138. The molecule has 2 aliphatic rings. The molecule has 0 radical (unpaired) electrons. The number of benzene rings is 1. The second-order valence-electron chi connectivity index (χ2n) is 9.21. The van der Waals surface area contributed by atoms with E-state index in [0.717, 1.165) is 74.8 Å². The van der Waals surface area contributed by atoms with Crippen LogP contribution in [0.1, 0.15) is 18.2 Å². The quantitative estimate of drug-likeness (QED) is 0.579. The summed E-state index contributed by atoms with van der Waals surface area (Å²) in [5.74, 6) is 1.23. The Balaban J connectivity index is 1.33. The number of carbonyl (C=O) groups is 1. The van der Waals surface area contributed by atoms with Crippen LogP contribution in [0.5, 0.6) is 0 Å². The van der Waals surface area contributed by atoms with Gasteiger partial charge in [-0.15, -0.1) is 0 Å². The average molecular weight is 461 g/mol. The fourth-order valence-electron chi connectivity index (χ4n) is 5.00. The van der Waals surface area contributed by atoms with Gasteiger partial charge in [-0.3, -0.25) is 14.7 Å². The van der Waals surface area contributed by atoms with E-state index in [9.17, 15) is 4.79 Å². The second kappa shape index (κ2) is 10.4. The maximum Gasteiger partial charge on any atom is 0.225 e. The standard InChI is InChI=1S/C26H32N6O2/c1-20(33)32-11-10-30(19-24-7-9-28-26(29-24)31-12-14-34-15-13-31)17-21(18-32)16-23-5-2-4-22-6-3-8-27-25(22)23/h2-9,21H,10-19H2,1H3. The zero-order valence-electron chi connectivity index (χ0n) is 19.8. The Bertz CT molecular complexity index is 1130. The Labute approximate surface area is 200 Å². The summed E-state index contributed by atoms with van der Waals surface area (Å²) in [5, 5.41) is 1.16. The van der Waals surface area contributed by atoms with Crippen LogP contribution < -0.4 is 4.90 Å². The van der Waals surface area contributed by atoms with Crippen LogP contribution in [0.4, 0.5) is 5.95 Å². The van der Waals surface area contributed by atoms with Gasteiger partial charge in [0.25, 0.3) is 0 Å². The number of aromatic nitrogens is 3. The van der Waals surface area contributed by atoms with Crippen molar-refractivity contribution in [3.05, 3.63) is 60.0 Å². The highest BCUT2D eigenvalue weighted by Crippen LogP contribution is 2.22. The number of hydrogen-bond donors (Lipinski definition) is 0. The number of ether oxygens (including phenoxy) is 1. The minimum Gasteiger partial charge on any atom is -0.378 e. The molecule has 1 aromatic carbocycles. The molecule has 0 bridgehead atoms. The van der Waals surface area contributed by atoms with Gasteiger partial charge in [-0.05, 0) is 30.0 Å². The van der Waals surface area contributed by atoms with Crippen LogP contribution in [0, 0.1) is 5.92 Å². The van der Waals surface area contributed by atoms with E-state index in [-0.39, 0.29) is 5.91 Å². The van der Waals surface area contributed by atoms with Gasteiger partial charge in [0.05, 0.1) is 24.4 Å². The predicted molar refractivity (Wildman–Crippen MR) is 132 cm³/mol. The van der Waals surface area contributed by atoms with Crippen molar-refractivity contribution in [2.75, 3.05) is 57.4 Å². The summed E-state index contributed by atoms with van der Waals surface area (Å²) in [5.41, 5.74) is 3.31. The van der Waals surface area contributed by atoms with Gasteiger partial charge in [0.15, 0.2) is 0 Å². The summed E-state index contributed by atoms with van der Waals surface area (Å²) in [4.78, 5) is 32.9. The number of para-hydroxylation sites is 1. The maximum absolute atomic E-state index is 12.3. The summed E-state index contributed by atoms with van der Waals surface area (Å²) in [6, 6.07) is 12.5. The van der Waals surface area contributed by atoms with Gasteiger partial charge in [0.1, 0.15) is 0 Å². The fourth-order valence-corrected chi connectivity index (χ4v) is 5.00. The third-order valence-corrected chi connectivity index (χ3v) is 6.73. The van der Waals surface area contributed by atoms with E-state index in [1.54, 1.807) is 6.92 Å². The lowest BCUT2D eigenvalue weighted by atomic mass is 9.96. The van der Waals surface area contributed by atoms with Crippen LogP contribution in [0.2, 0.25) is 0 Å². The van der Waals surface area contributed by atoms with Crippen molar-refractivity contribution in [2.24, 2.45) is 5.92 Å². The molecule has 34 heavy (non-hydrogen) atoms. The number of nitrogens with zero attached hydrogens (tertiary/aromatic N) is 6. The molecule has 2 saturated heterocycles. The van der Waals surface area contributed by atoms with Crippen molar-refractivity contribution in [3.63, 3.8) is 0 Å². The molecule has 8 nitrogen and oxygen atoms in total. The van der Waals surface area contributed by atoms with Crippen LogP contribution in [0.25, 0.3) is 10.9 Å². The SMILES string of the molecule is CC(=O)N1CCN(Cc2ccnc(N3CCOCC3)n2)CC(Cc2cccc3cccnc23)C1. The lowest BCUT2D eigenvalue weighted by Crippen LogP contribution is -2.37. The van der Waals surface area contributed by atoms with Gasteiger partial charge in [0.2, 0.25) is 11.9 Å². The van der Waals surface area contributed by atoms with E-state index in [4.69, 9.17) is 9.72 Å². The molecule has 2 aromatic heterocycles.